The van der Waals surface area contributed by atoms with Gasteiger partial charge in [-0.05, 0) is 60.7 Å². The lowest BCUT2D eigenvalue weighted by Crippen LogP contribution is -2.23. The van der Waals surface area contributed by atoms with Gasteiger partial charge >= 0.3 is 0 Å². The van der Waals surface area contributed by atoms with Crippen LogP contribution in [0.1, 0.15) is 42.1 Å². The molecule has 2 aromatic carbocycles. The van der Waals surface area contributed by atoms with Gasteiger partial charge in [-0.1, -0.05) is 55.8 Å². The van der Waals surface area contributed by atoms with Crippen LogP contribution in [0, 0.1) is 6.92 Å². The van der Waals surface area contributed by atoms with Crippen LogP contribution in [0.3, 0.4) is 0 Å². The molecule has 0 aliphatic rings. The summed E-state index contributed by atoms with van der Waals surface area (Å²) in [5, 5.41) is 4.39. The van der Waals surface area contributed by atoms with Crippen molar-refractivity contribution in [1.82, 2.24) is 5.32 Å². The molecule has 2 aromatic rings. The van der Waals surface area contributed by atoms with Gasteiger partial charge in [0.2, 0.25) is 0 Å². The van der Waals surface area contributed by atoms with Crippen molar-refractivity contribution in [2.45, 2.75) is 39.7 Å². The molecular formula is C19H24ClN. The Bertz CT molecular complexity index is 575. The molecule has 0 heterocycles. The van der Waals surface area contributed by atoms with E-state index in [0.29, 0.717) is 6.04 Å². The normalized spacial score (nSPS) is 12.4. The van der Waals surface area contributed by atoms with E-state index in [4.69, 9.17) is 11.6 Å². The fourth-order valence-corrected chi connectivity index (χ4v) is 2.85. The van der Waals surface area contributed by atoms with Crippen molar-refractivity contribution in [3.63, 3.8) is 0 Å². The van der Waals surface area contributed by atoms with Crippen LogP contribution in [0.15, 0.2) is 42.5 Å². The Kier molecular flexibility index (Phi) is 5.84. The second-order valence-corrected chi connectivity index (χ2v) is 5.92. The maximum absolute atomic E-state index is 6.18. The summed E-state index contributed by atoms with van der Waals surface area (Å²) < 4.78 is 0. The predicted octanol–water partition coefficient (Wildman–Crippen LogP) is 5.10. The Hall–Kier alpha value is -1.31. The molecule has 0 bridgehead atoms. The predicted molar refractivity (Wildman–Crippen MR) is 92.1 cm³/mol. The largest absolute Gasteiger partial charge is 0.310 e. The Morgan fingerprint density at radius 3 is 2.29 bits per heavy atom. The third-order valence-corrected chi connectivity index (χ3v) is 4.17. The summed E-state index contributed by atoms with van der Waals surface area (Å²) in [6, 6.07) is 15.4. The molecule has 0 fully saturated rings. The molecule has 2 heteroatoms. The summed E-state index contributed by atoms with van der Waals surface area (Å²) in [5.41, 5.74) is 5.33. The van der Waals surface area contributed by atoms with Gasteiger partial charge < -0.3 is 5.32 Å². The lowest BCUT2D eigenvalue weighted by molar-refractivity contribution is 0.547. The average molecular weight is 302 g/mol. The Morgan fingerprint density at radius 2 is 1.67 bits per heavy atom. The minimum atomic E-state index is 0.307. The minimum absolute atomic E-state index is 0.307. The van der Waals surface area contributed by atoms with Gasteiger partial charge in [-0.2, -0.15) is 0 Å². The smallest absolute Gasteiger partial charge is 0.0409 e. The standard InChI is InChI=1S/C19H24ClN/c1-4-15-7-9-16(10-8-15)12-19(21-5-2)18-13-17(20)11-6-14(18)3/h6-11,13,19,21H,4-5,12H2,1-3H3. The molecule has 0 aliphatic carbocycles. The molecule has 0 aromatic heterocycles. The minimum Gasteiger partial charge on any atom is -0.310 e. The number of halogens is 1. The van der Waals surface area contributed by atoms with E-state index < -0.39 is 0 Å². The number of hydrogen-bond acceptors (Lipinski definition) is 1. The third kappa shape index (κ3) is 4.33. The van der Waals surface area contributed by atoms with Crippen LogP contribution in [-0.2, 0) is 12.8 Å². The Morgan fingerprint density at radius 1 is 1.00 bits per heavy atom. The van der Waals surface area contributed by atoms with Crippen molar-refractivity contribution in [3.05, 3.63) is 69.7 Å². The zero-order valence-corrected chi connectivity index (χ0v) is 13.9. The van der Waals surface area contributed by atoms with Gasteiger partial charge in [-0.3, -0.25) is 0 Å². The van der Waals surface area contributed by atoms with Gasteiger partial charge in [-0.15, -0.1) is 0 Å². The molecule has 1 atom stereocenters. The van der Waals surface area contributed by atoms with Crippen LogP contribution in [0.5, 0.6) is 0 Å². The molecule has 112 valence electrons. The highest BCUT2D eigenvalue weighted by atomic mass is 35.5. The number of aryl methyl sites for hydroxylation is 2. The van der Waals surface area contributed by atoms with E-state index in [0.717, 1.165) is 24.4 Å². The molecule has 1 nitrogen and oxygen atoms in total. The molecule has 0 amide bonds. The second kappa shape index (κ2) is 7.63. The number of benzene rings is 2. The number of hydrogen-bond donors (Lipinski definition) is 1. The van der Waals surface area contributed by atoms with E-state index in [-0.39, 0.29) is 0 Å². The number of likely N-dealkylation sites (N-methyl/N-ethyl adjacent to an activating group) is 1. The summed E-state index contributed by atoms with van der Waals surface area (Å²) >= 11 is 6.18. The average Bonchev–Trinajstić information content (AvgIpc) is 2.50. The zero-order chi connectivity index (χ0) is 15.2. The van der Waals surface area contributed by atoms with Gasteiger partial charge in [0, 0.05) is 11.1 Å². The van der Waals surface area contributed by atoms with Crippen molar-refractivity contribution in [2.75, 3.05) is 6.54 Å². The van der Waals surface area contributed by atoms with Crippen molar-refractivity contribution >= 4 is 11.6 Å². The fraction of sp³-hybridized carbons (Fsp3) is 0.368. The first-order chi connectivity index (χ1) is 10.1. The van der Waals surface area contributed by atoms with E-state index in [1.807, 2.05) is 6.07 Å². The molecule has 0 radical (unpaired) electrons. The molecule has 0 saturated heterocycles. The van der Waals surface area contributed by atoms with Gasteiger partial charge in [0.25, 0.3) is 0 Å². The van der Waals surface area contributed by atoms with Crippen molar-refractivity contribution in [2.24, 2.45) is 0 Å². The number of nitrogens with one attached hydrogen (secondary N) is 1. The maximum Gasteiger partial charge on any atom is 0.0409 e. The van der Waals surface area contributed by atoms with Crippen LogP contribution in [0.2, 0.25) is 5.02 Å². The highest BCUT2D eigenvalue weighted by Crippen LogP contribution is 2.25. The van der Waals surface area contributed by atoms with Crippen LogP contribution in [0.25, 0.3) is 0 Å². The van der Waals surface area contributed by atoms with Crippen molar-refractivity contribution in [1.29, 1.82) is 0 Å². The topological polar surface area (TPSA) is 12.0 Å². The van der Waals surface area contributed by atoms with E-state index in [1.165, 1.54) is 22.3 Å². The van der Waals surface area contributed by atoms with Crippen molar-refractivity contribution in [3.8, 4) is 0 Å². The van der Waals surface area contributed by atoms with Gasteiger partial charge in [0.1, 0.15) is 0 Å². The van der Waals surface area contributed by atoms with E-state index in [1.54, 1.807) is 0 Å². The molecule has 1 unspecified atom stereocenters. The third-order valence-electron chi connectivity index (χ3n) is 3.94. The second-order valence-electron chi connectivity index (χ2n) is 5.49. The molecule has 0 aliphatic heterocycles. The van der Waals surface area contributed by atoms with Crippen LogP contribution >= 0.6 is 11.6 Å². The van der Waals surface area contributed by atoms with Crippen molar-refractivity contribution < 1.29 is 0 Å². The Balaban J connectivity index is 2.23. The quantitative estimate of drug-likeness (QED) is 0.782. The van der Waals surface area contributed by atoms with Crippen LogP contribution in [-0.4, -0.2) is 6.54 Å². The first-order valence-corrected chi connectivity index (χ1v) is 8.09. The van der Waals surface area contributed by atoms with E-state index in [9.17, 15) is 0 Å². The summed E-state index contributed by atoms with van der Waals surface area (Å²) in [5.74, 6) is 0. The molecule has 2 rings (SSSR count). The first kappa shape index (κ1) is 16.1. The number of rotatable bonds is 6. The van der Waals surface area contributed by atoms with Gasteiger partial charge in [0.05, 0.1) is 0 Å². The summed E-state index contributed by atoms with van der Waals surface area (Å²) in [4.78, 5) is 0. The molecule has 0 saturated carbocycles. The van der Waals surface area contributed by atoms with E-state index >= 15 is 0 Å². The fourth-order valence-electron chi connectivity index (χ4n) is 2.67. The SMILES string of the molecule is CCNC(Cc1ccc(CC)cc1)c1cc(Cl)ccc1C. The maximum atomic E-state index is 6.18. The van der Waals surface area contributed by atoms with E-state index in [2.05, 4.69) is 62.5 Å². The lowest BCUT2D eigenvalue weighted by Gasteiger charge is -2.21. The zero-order valence-electron chi connectivity index (χ0n) is 13.1. The molecule has 0 spiro atoms. The summed E-state index contributed by atoms with van der Waals surface area (Å²) in [6.07, 6.45) is 2.07. The molecule has 1 N–H and O–H groups in total. The van der Waals surface area contributed by atoms with Gasteiger partial charge in [-0.25, -0.2) is 0 Å². The molecular weight excluding hydrogens is 278 g/mol. The van der Waals surface area contributed by atoms with Crippen LogP contribution in [0.4, 0.5) is 0 Å². The Labute approximate surface area is 133 Å². The van der Waals surface area contributed by atoms with Crippen LogP contribution < -0.4 is 5.32 Å². The van der Waals surface area contributed by atoms with Gasteiger partial charge in [0.15, 0.2) is 0 Å². The summed E-state index contributed by atoms with van der Waals surface area (Å²) in [6.45, 7) is 7.43. The molecule has 21 heavy (non-hydrogen) atoms. The highest BCUT2D eigenvalue weighted by Gasteiger charge is 2.14. The highest BCUT2D eigenvalue weighted by molar-refractivity contribution is 6.30. The lowest BCUT2D eigenvalue weighted by atomic mass is 9.94. The summed E-state index contributed by atoms with van der Waals surface area (Å²) in [7, 11) is 0. The monoisotopic (exact) mass is 301 g/mol. The first-order valence-electron chi connectivity index (χ1n) is 7.71.